The third kappa shape index (κ3) is 3.84. The summed E-state index contributed by atoms with van der Waals surface area (Å²) in [4.78, 5) is 15.5. The lowest BCUT2D eigenvalue weighted by Gasteiger charge is -2.33. The summed E-state index contributed by atoms with van der Waals surface area (Å²) in [6, 6.07) is 11.2. The van der Waals surface area contributed by atoms with Crippen LogP contribution in [0.5, 0.6) is 0 Å². The van der Waals surface area contributed by atoms with Gasteiger partial charge >= 0.3 is 0 Å². The maximum atomic E-state index is 12.9. The van der Waals surface area contributed by atoms with Gasteiger partial charge in [0.2, 0.25) is 5.91 Å². The molecule has 140 valence electrons. The molecule has 0 N–H and O–H groups in total. The van der Waals surface area contributed by atoms with Gasteiger partial charge in [-0.25, -0.2) is 8.42 Å². The first kappa shape index (κ1) is 19.1. The Morgan fingerprint density at radius 2 is 1.85 bits per heavy atom. The quantitative estimate of drug-likeness (QED) is 0.801. The number of carbonyl (C=O) groups excluding carboxylic acids is 1. The predicted molar refractivity (Wildman–Crippen MR) is 105 cm³/mol. The second kappa shape index (κ2) is 7.50. The zero-order chi connectivity index (χ0) is 18.9. The molecule has 2 aromatic rings. The Hall–Kier alpha value is -1.70. The van der Waals surface area contributed by atoms with Crippen LogP contribution in [-0.2, 0) is 14.8 Å². The van der Waals surface area contributed by atoms with Gasteiger partial charge < -0.3 is 4.90 Å². The van der Waals surface area contributed by atoms with E-state index in [1.54, 1.807) is 18.0 Å². The van der Waals surface area contributed by atoms with Gasteiger partial charge in [0, 0.05) is 30.7 Å². The van der Waals surface area contributed by atoms with E-state index in [-0.39, 0.29) is 18.4 Å². The van der Waals surface area contributed by atoms with Gasteiger partial charge in [-0.1, -0.05) is 17.7 Å². The molecule has 1 aliphatic rings. The molecule has 0 aliphatic carbocycles. The first-order valence-electron chi connectivity index (χ1n) is 8.70. The van der Waals surface area contributed by atoms with Crippen molar-refractivity contribution in [2.75, 3.05) is 25.0 Å². The van der Waals surface area contributed by atoms with Crippen LogP contribution in [0.15, 0.2) is 40.6 Å². The van der Waals surface area contributed by atoms with E-state index in [1.165, 1.54) is 15.6 Å². The number of amides is 1. The Balaban J connectivity index is 1.75. The molecule has 1 fully saturated rings. The number of nitrogens with zero attached hydrogens (tertiary/aromatic N) is 2. The van der Waals surface area contributed by atoms with Crippen LogP contribution in [0.4, 0.5) is 5.69 Å². The molecule has 2 heterocycles. The van der Waals surface area contributed by atoms with Crippen LogP contribution >= 0.6 is 11.3 Å². The van der Waals surface area contributed by atoms with Gasteiger partial charge in [0.05, 0.1) is 5.92 Å². The maximum absolute atomic E-state index is 12.9. The predicted octanol–water partition coefficient (Wildman–Crippen LogP) is 3.43. The highest BCUT2D eigenvalue weighted by atomic mass is 32.2. The smallest absolute Gasteiger partial charge is 0.252 e. The minimum absolute atomic E-state index is 0.0314. The molecule has 5 nitrogen and oxygen atoms in total. The SMILES string of the molecule is Cc1ccc(N(C)C(=O)C2CCCN(S(=O)(=O)c3ccc(C)s3)C2)cc1. The second-order valence-corrected chi connectivity index (χ2v) is 10.3. The molecule has 0 saturated carbocycles. The second-order valence-electron chi connectivity index (χ2n) is 6.80. The summed E-state index contributed by atoms with van der Waals surface area (Å²) in [5.41, 5.74) is 1.96. The van der Waals surface area contributed by atoms with Gasteiger partial charge in [0.15, 0.2) is 0 Å². The molecular weight excluding hydrogens is 368 g/mol. The molecule has 1 aliphatic heterocycles. The number of aryl methyl sites for hydroxylation is 2. The number of carbonyl (C=O) groups is 1. The number of thiophene rings is 1. The Morgan fingerprint density at radius 3 is 2.46 bits per heavy atom. The van der Waals surface area contributed by atoms with Gasteiger partial charge in [-0.05, 0) is 51.0 Å². The molecule has 1 atom stereocenters. The molecule has 1 amide bonds. The van der Waals surface area contributed by atoms with Crippen molar-refractivity contribution in [1.82, 2.24) is 4.31 Å². The molecule has 3 rings (SSSR count). The number of sulfonamides is 1. The Morgan fingerprint density at radius 1 is 1.15 bits per heavy atom. The molecular formula is C19H24N2O3S2. The monoisotopic (exact) mass is 392 g/mol. The van der Waals surface area contributed by atoms with Crippen LogP contribution in [0.3, 0.4) is 0 Å². The molecule has 0 spiro atoms. The van der Waals surface area contributed by atoms with E-state index < -0.39 is 10.0 Å². The number of rotatable bonds is 4. The van der Waals surface area contributed by atoms with Gasteiger partial charge in [-0.15, -0.1) is 11.3 Å². The zero-order valence-corrected chi connectivity index (χ0v) is 16.9. The van der Waals surface area contributed by atoms with E-state index >= 15 is 0 Å². The highest BCUT2D eigenvalue weighted by Gasteiger charge is 2.35. The summed E-state index contributed by atoms with van der Waals surface area (Å²) in [6.45, 7) is 4.61. The average molecular weight is 393 g/mol. The number of benzene rings is 1. The van der Waals surface area contributed by atoms with E-state index in [9.17, 15) is 13.2 Å². The van der Waals surface area contributed by atoms with Crippen molar-refractivity contribution >= 4 is 33.0 Å². The average Bonchev–Trinajstić information content (AvgIpc) is 3.08. The van der Waals surface area contributed by atoms with Gasteiger partial charge in [0.25, 0.3) is 10.0 Å². The molecule has 1 aromatic heterocycles. The van der Waals surface area contributed by atoms with Crippen molar-refractivity contribution in [2.45, 2.75) is 30.9 Å². The highest BCUT2D eigenvalue weighted by molar-refractivity contribution is 7.91. The van der Waals surface area contributed by atoms with Crippen LogP contribution in [-0.4, -0.2) is 38.8 Å². The van der Waals surface area contributed by atoms with E-state index in [0.717, 1.165) is 16.1 Å². The summed E-state index contributed by atoms with van der Waals surface area (Å²) in [5, 5.41) is 0. The lowest BCUT2D eigenvalue weighted by Crippen LogP contribution is -2.45. The highest BCUT2D eigenvalue weighted by Crippen LogP contribution is 2.29. The summed E-state index contributed by atoms with van der Waals surface area (Å²) in [7, 11) is -1.77. The van der Waals surface area contributed by atoms with E-state index in [1.807, 2.05) is 44.2 Å². The number of hydrogen-bond acceptors (Lipinski definition) is 4. The van der Waals surface area contributed by atoms with Crippen LogP contribution in [0.2, 0.25) is 0 Å². The minimum Gasteiger partial charge on any atom is -0.315 e. The maximum Gasteiger partial charge on any atom is 0.252 e. The van der Waals surface area contributed by atoms with Crippen molar-refractivity contribution < 1.29 is 13.2 Å². The number of piperidine rings is 1. The Bertz CT molecular complexity index is 888. The summed E-state index contributed by atoms with van der Waals surface area (Å²) in [6.07, 6.45) is 1.41. The van der Waals surface area contributed by atoms with Crippen LogP contribution in [0.25, 0.3) is 0 Å². The zero-order valence-electron chi connectivity index (χ0n) is 15.3. The molecule has 1 saturated heterocycles. The molecule has 7 heteroatoms. The first-order valence-corrected chi connectivity index (χ1v) is 11.0. The fourth-order valence-corrected chi connectivity index (χ4v) is 6.17. The fourth-order valence-electron chi connectivity index (χ4n) is 3.21. The van der Waals surface area contributed by atoms with Crippen LogP contribution in [0, 0.1) is 19.8 Å². The normalized spacial score (nSPS) is 18.7. The van der Waals surface area contributed by atoms with E-state index in [4.69, 9.17) is 0 Å². The van der Waals surface area contributed by atoms with Crippen molar-refractivity contribution in [3.63, 3.8) is 0 Å². The van der Waals surface area contributed by atoms with Crippen LogP contribution < -0.4 is 4.90 Å². The summed E-state index contributed by atoms with van der Waals surface area (Å²) in [5.74, 6) is -0.345. The topological polar surface area (TPSA) is 57.7 Å². The minimum atomic E-state index is -3.52. The first-order chi connectivity index (χ1) is 12.3. The van der Waals surface area contributed by atoms with Gasteiger partial charge in [0.1, 0.15) is 4.21 Å². The Kier molecular flexibility index (Phi) is 5.50. The fraction of sp³-hybridized carbons (Fsp3) is 0.421. The third-order valence-corrected chi connectivity index (χ3v) is 8.13. The molecule has 1 unspecified atom stereocenters. The lowest BCUT2D eigenvalue weighted by molar-refractivity contribution is -0.123. The van der Waals surface area contributed by atoms with Crippen molar-refractivity contribution in [3.8, 4) is 0 Å². The lowest BCUT2D eigenvalue weighted by atomic mass is 9.98. The van der Waals surface area contributed by atoms with Gasteiger partial charge in [-0.3, -0.25) is 4.79 Å². The third-order valence-electron chi connectivity index (χ3n) is 4.80. The molecule has 0 radical (unpaired) electrons. The molecule has 0 bridgehead atoms. The largest absolute Gasteiger partial charge is 0.315 e. The van der Waals surface area contributed by atoms with Gasteiger partial charge in [-0.2, -0.15) is 4.31 Å². The number of hydrogen-bond donors (Lipinski definition) is 0. The molecule has 26 heavy (non-hydrogen) atoms. The molecule has 1 aromatic carbocycles. The summed E-state index contributed by atoms with van der Waals surface area (Å²) < 4.78 is 27.5. The van der Waals surface area contributed by atoms with Crippen molar-refractivity contribution in [3.05, 3.63) is 46.8 Å². The standard InChI is InChI=1S/C19H24N2O3S2/c1-14-6-9-17(10-7-14)20(3)19(22)16-5-4-12-21(13-16)26(23,24)18-11-8-15(2)25-18/h6-11,16H,4-5,12-13H2,1-3H3. The van der Waals surface area contributed by atoms with Crippen molar-refractivity contribution in [2.24, 2.45) is 5.92 Å². The van der Waals surface area contributed by atoms with Crippen LogP contribution in [0.1, 0.15) is 23.3 Å². The van der Waals surface area contributed by atoms with E-state index in [0.29, 0.717) is 23.6 Å². The van der Waals surface area contributed by atoms with Crippen molar-refractivity contribution in [1.29, 1.82) is 0 Å². The van der Waals surface area contributed by atoms with E-state index in [2.05, 4.69) is 0 Å². The summed E-state index contributed by atoms with van der Waals surface area (Å²) >= 11 is 1.28. The number of anilines is 1. The Labute approximate surface area is 159 Å².